The summed E-state index contributed by atoms with van der Waals surface area (Å²) in [5.41, 5.74) is -0.975. The number of carbonyl (C=O) groups excluding carboxylic acids is 1. The maximum absolute atomic E-state index is 12.6. The fourth-order valence-electron chi connectivity index (χ4n) is 1.66. The number of nitrogens with zero attached hydrogens (tertiary/aromatic N) is 1. The number of rotatable bonds is 2. The Morgan fingerprint density at radius 3 is 2.75 bits per heavy atom. The van der Waals surface area contributed by atoms with Gasteiger partial charge in [0.05, 0.1) is 16.3 Å². The van der Waals surface area contributed by atoms with Crippen molar-refractivity contribution in [1.29, 1.82) is 0 Å². The van der Waals surface area contributed by atoms with E-state index in [1.165, 1.54) is 0 Å². The molecule has 20 heavy (non-hydrogen) atoms. The predicted molar refractivity (Wildman–Crippen MR) is 70.0 cm³/mol. The Bertz CT molecular complexity index is 557. The summed E-state index contributed by atoms with van der Waals surface area (Å²) in [7, 11) is 0. The lowest BCUT2D eigenvalue weighted by Gasteiger charge is -2.15. The summed E-state index contributed by atoms with van der Waals surface area (Å²) in [5, 5.41) is 5.13. The van der Waals surface area contributed by atoms with Gasteiger partial charge in [-0.3, -0.25) is 9.79 Å². The van der Waals surface area contributed by atoms with Gasteiger partial charge in [0.15, 0.2) is 5.84 Å². The number of alkyl halides is 3. The molecule has 1 amide bonds. The number of anilines is 1. The third-order valence-electron chi connectivity index (χ3n) is 2.65. The highest BCUT2D eigenvalue weighted by molar-refractivity contribution is 6.43. The number of nitrogens with one attached hydrogen (secondary N) is 2. The molecule has 1 aliphatic rings. The topological polar surface area (TPSA) is 53.5 Å². The van der Waals surface area contributed by atoms with Crippen molar-refractivity contribution in [3.63, 3.8) is 0 Å². The summed E-state index contributed by atoms with van der Waals surface area (Å²) >= 11 is 5.79. The Morgan fingerprint density at radius 2 is 2.15 bits per heavy atom. The van der Waals surface area contributed by atoms with E-state index < -0.39 is 17.6 Å². The van der Waals surface area contributed by atoms with Crippen LogP contribution in [0, 0.1) is 0 Å². The fourth-order valence-corrected chi connectivity index (χ4v) is 1.83. The van der Waals surface area contributed by atoms with Crippen LogP contribution in [0.15, 0.2) is 23.2 Å². The summed E-state index contributed by atoms with van der Waals surface area (Å²) < 4.78 is 37.8. The first-order valence-electron chi connectivity index (χ1n) is 5.84. The largest absolute Gasteiger partial charge is 0.416 e. The molecule has 0 saturated carbocycles. The molecule has 0 fully saturated rings. The molecule has 0 spiro atoms. The van der Waals surface area contributed by atoms with Crippen LogP contribution in [0.5, 0.6) is 0 Å². The average Bonchev–Trinajstić information content (AvgIpc) is 2.41. The molecular formula is C12H11ClF3N3O. The summed E-state index contributed by atoms with van der Waals surface area (Å²) in [6.45, 7) is 1.11. The van der Waals surface area contributed by atoms with E-state index in [1.54, 1.807) is 0 Å². The van der Waals surface area contributed by atoms with E-state index in [0.29, 0.717) is 13.1 Å². The molecule has 1 aromatic carbocycles. The third kappa shape index (κ3) is 3.41. The average molecular weight is 306 g/mol. The molecule has 0 saturated heterocycles. The lowest BCUT2D eigenvalue weighted by Crippen LogP contribution is -2.39. The molecule has 1 heterocycles. The van der Waals surface area contributed by atoms with Gasteiger partial charge in [-0.2, -0.15) is 13.2 Å². The molecule has 0 bridgehead atoms. The van der Waals surface area contributed by atoms with Gasteiger partial charge < -0.3 is 10.6 Å². The Balaban J connectivity index is 2.20. The Hall–Kier alpha value is -1.76. The maximum Gasteiger partial charge on any atom is 0.416 e. The van der Waals surface area contributed by atoms with E-state index in [4.69, 9.17) is 11.6 Å². The number of hydrogen-bond donors (Lipinski definition) is 2. The molecule has 2 N–H and O–H groups in total. The van der Waals surface area contributed by atoms with Crippen LogP contribution in [0.3, 0.4) is 0 Å². The number of amides is 1. The molecular weight excluding hydrogens is 295 g/mol. The second kappa shape index (κ2) is 5.70. The van der Waals surface area contributed by atoms with E-state index in [0.717, 1.165) is 24.6 Å². The SMILES string of the molecule is O=C(Nc1cc(C(F)(F)F)ccc1Cl)C1=NCCCN1. The van der Waals surface area contributed by atoms with Crippen molar-refractivity contribution in [2.24, 2.45) is 4.99 Å². The molecule has 0 aromatic heterocycles. The first-order chi connectivity index (χ1) is 9.38. The normalized spacial score (nSPS) is 15.3. The van der Waals surface area contributed by atoms with Crippen molar-refractivity contribution >= 4 is 29.0 Å². The summed E-state index contributed by atoms with van der Waals surface area (Å²) in [6, 6.07) is 2.74. The van der Waals surface area contributed by atoms with E-state index >= 15 is 0 Å². The third-order valence-corrected chi connectivity index (χ3v) is 2.98. The van der Waals surface area contributed by atoms with Crippen LogP contribution < -0.4 is 10.6 Å². The van der Waals surface area contributed by atoms with E-state index in [9.17, 15) is 18.0 Å². The second-order valence-electron chi connectivity index (χ2n) is 4.16. The van der Waals surface area contributed by atoms with Crippen LogP contribution in [0.2, 0.25) is 5.02 Å². The first kappa shape index (κ1) is 14.6. The van der Waals surface area contributed by atoms with E-state index in [1.807, 2.05) is 0 Å². The van der Waals surface area contributed by atoms with Crippen molar-refractivity contribution in [1.82, 2.24) is 5.32 Å². The van der Waals surface area contributed by atoms with Crippen LogP contribution in [0.1, 0.15) is 12.0 Å². The highest BCUT2D eigenvalue weighted by Gasteiger charge is 2.31. The molecule has 108 valence electrons. The number of hydrogen-bond acceptors (Lipinski definition) is 3. The zero-order chi connectivity index (χ0) is 14.8. The van der Waals surface area contributed by atoms with Crippen molar-refractivity contribution in [3.8, 4) is 0 Å². The van der Waals surface area contributed by atoms with E-state index in [-0.39, 0.29) is 16.5 Å². The maximum atomic E-state index is 12.6. The molecule has 0 unspecified atom stereocenters. The minimum Gasteiger partial charge on any atom is -0.366 e. The van der Waals surface area contributed by atoms with Crippen LogP contribution in [-0.2, 0) is 11.0 Å². The highest BCUT2D eigenvalue weighted by Crippen LogP contribution is 2.33. The quantitative estimate of drug-likeness (QED) is 0.882. The second-order valence-corrected chi connectivity index (χ2v) is 4.56. The predicted octanol–water partition coefficient (Wildman–Crippen LogP) is 2.69. The smallest absolute Gasteiger partial charge is 0.366 e. The monoisotopic (exact) mass is 305 g/mol. The van der Waals surface area contributed by atoms with Crippen LogP contribution in [0.25, 0.3) is 0 Å². The minimum atomic E-state index is -4.50. The number of benzene rings is 1. The van der Waals surface area contributed by atoms with Crippen LogP contribution in [-0.4, -0.2) is 24.8 Å². The molecule has 0 aliphatic carbocycles. The summed E-state index contributed by atoms with van der Waals surface area (Å²) in [6.07, 6.45) is -3.69. The van der Waals surface area contributed by atoms with Gasteiger partial charge in [-0.05, 0) is 24.6 Å². The van der Waals surface area contributed by atoms with Gasteiger partial charge in [0, 0.05) is 13.1 Å². The Morgan fingerprint density at radius 1 is 1.40 bits per heavy atom. The van der Waals surface area contributed by atoms with Gasteiger partial charge in [0.2, 0.25) is 0 Å². The molecule has 0 radical (unpaired) electrons. The standard InChI is InChI=1S/C12H11ClF3N3O/c13-8-3-2-7(12(14,15)16)6-9(8)19-11(20)10-17-4-1-5-18-10/h2-3,6H,1,4-5H2,(H,17,18)(H,19,20). The zero-order valence-corrected chi connectivity index (χ0v) is 11.0. The van der Waals surface area contributed by atoms with E-state index in [2.05, 4.69) is 15.6 Å². The van der Waals surface area contributed by atoms with Crippen LogP contribution in [0.4, 0.5) is 18.9 Å². The Kier molecular flexibility index (Phi) is 4.17. The number of amidine groups is 1. The van der Waals surface area contributed by atoms with Gasteiger partial charge in [0.25, 0.3) is 5.91 Å². The Labute approximate surface area is 118 Å². The highest BCUT2D eigenvalue weighted by atomic mass is 35.5. The molecule has 1 aliphatic heterocycles. The molecule has 2 rings (SSSR count). The molecule has 8 heteroatoms. The summed E-state index contributed by atoms with van der Waals surface area (Å²) in [4.78, 5) is 15.8. The van der Waals surface area contributed by atoms with Gasteiger partial charge >= 0.3 is 6.18 Å². The molecule has 1 aromatic rings. The van der Waals surface area contributed by atoms with Crippen LogP contribution >= 0.6 is 11.6 Å². The van der Waals surface area contributed by atoms with Gasteiger partial charge in [-0.15, -0.1) is 0 Å². The lowest BCUT2D eigenvalue weighted by atomic mass is 10.2. The first-order valence-corrected chi connectivity index (χ1v) is 6.22. The van der Waals surface area contributed by atoms with Crippen molar-refractivity contribution < 1.29 is 18.0 Å². The van der Waals surface area contributed by atoms with Gasteiger partial charge in [0.1, 0.15) is 0 Å². The minimum absolute atomic E-state index is 0.0303. The fraction of sp³-hybridized carbons (Fsp3) is 0.333. The molecule has 4 nitrogen and oxygen atoms in total. The summed E-state index contributed by atoms with van der Waals surface area (Å²) in [5.74, 6) is -0.504. The molecule has 0 atom stereocenters. The van der Waals surface area contributed by atoms with Crippen molar-refractivity contribution in [3.05, 3.63) is 28.8 Å². The van der Waals surface area contributed by atoms with Crippen molar-refractivity contribution in [2.45, 2.75) is 12.6 Å². The van der Waals surface area contributed by atoms with Crippen molar-refractivity contribution in [2.75, 3.05) is 18.4 Å². The number of aliphatic imine (C=N–C) groups is 1. The lowest BCUT2D eigenvalue weighted by molar-refractivity contribution is -0.137. The van der Waals surface area contributed by atoms with Gasteiger partial charge in [-0.25, -0.2) is 0 Å². The van der Waals surface area contributed by atoms with Gasteiger partial charge in [-0.1, -0.05) is 11.6 Å². The number of halogens is 4. The zero-order valence-electron chi connectivity index (χ0n) is 10.2. The number of carbonyl (C=O) groups is 1.